The zero-order valence-electron chi connectivity index (χ0n) is 17.9. The van der Waals surface area contributed by atoms with E-state index in [1.54, 1.807) is 4.90 Å². The van der Waals surface area contributed by atoms with Gasteiger partial charge in [-0.3, -0.25) is 4.79 Å². The van der Waals surface area contributed by atoms with Gasteiger partial charge in [-0.25, -0.2) is 4.79 Å². The van der Waals surface area contributed by atoms with Crippen LogP contribution in [-0.4, -0.2) is 24.5 Å². The summed E-state index contributed by atoms with van der Waals surface area (Å²) in [5.41, 5.74) is 5.95. The normalized spacial score (nSPS) is 13.4. The zero-order chi connectivity index (χ0) is 21.8. The highest BCUT2D eigenvalue weighted by atomic mass is 16.2. The molecule has 4 rings (SSSR count). The van der Waals surface area contributed by atoms with Crippen molar-refractivity contribution in [1.82, 2.24) is 5.32 Å². The molecule has 2 N–H and O–H groups in total. The van der Waals surface area contributed by atoms with E-state index in [1.807, 2.05) is 80.6 Å². The molecule has 0 radical (unpaired) electrons. The van der Waals surface area contributed by atoms with Crippen LogP contribution in [0.5, 0.6) is 0 Å². The Bertz CT molecular complexity index is 1090. The third-order valence-electron chi connectivity index (χ3n) is 5.89. The molecule has 0 spiro atoms. The second kappa shape index (κ2) is 9.04. The molecule has 5 heteroatoms. The van der Waals surface area contributed by atoms with Crippen LogP contribution in [0.1, 0.15) is 22.3 Å². The standard InChI is InChI=1S/C26H27N3O2/c1-18-9-8-13-22(19(18)2)27-26(31)28-23(17-20-10-4-3-5-11-20)25(30)29-16-15-21-12-6-7-14-24(21)29/h3-14,23H,15-17H2,1-2H3,(H2,27,28,31)/t23-/m1/s1. The molecule has 1 aliphatic heterocycles. The molecule has 0 unspecified atom stereocenters. The van der Waals surface area contributed by atoms with Gasteiger partial charge < -0.3 is 15.5 Å². The summed E-state index contributed by atoms with van der Waals surface area (Å²) in [4.78, 5) is 28.1. The van der Waals surface area contributed by atoms with E-state index in [0.717, 1.165) is 40.0 Å². The number of anilines is 2. The lowest BCUT2D eigenvalue weighted by molar-refractivity contribution is -0.120. The number of nitrogens with zero attached hydrogens (tertiary/aromatic N) is 1. The Balaban J connectivity index is 1.55. The summed E-state index contributed by atoms with van der Waals surface area (Å²) in [6.07, 6.45) is 1.26. The highest BCUT2D eigenvalue weighted by Gasteiger charge is 2.31. The Kier molecular flexibility index (Phi) is 6.03. The van der Waals surface area contributed by atoms with Gasteiger partial charge in [-0.1, -0.05) is 60.7 Å². The minimum Gasteiger partial charge on any atom is -0.326 e. The molecule has 3 amide bonds. The van der Waals surface area contributed by atoms with Gasteiger partial charge in [0, 0.05) is 24.3 Å². The van der Waals surface area contributed by atoms with E-state index in [9.17, 15) is 9.59 Å². The molecule has 0 aromatic heterocycles. The molecule has 3 aromatic rings. The van der Waals surface area contributed by atoms with Crippen molar-refractivity contribution in [3.8, 4) is 0 Å². The predicted octanol–water partition coefficient (Wildman–Crippen LogP) is 4.63. The van der Waals surface area contributed by atoms with Crippen LogP contribution in [0.2, 0.25) is 0 Å². The van der Waals surface area contributed by atoms with Gasteiger partial charge >= 0.3 is 6.03 Å². The Morgan fingerprint density at radius 2 is 1.68 bits per heavy atom. The van der Waals surface area contributed by atoms with Crippen LogP contribution in [0.3, 0.4) is 0 Å². The zero-order valence-corrected chi connectivity index (χ0v) is 17.9. The molecular weight excluding hydrogens is 386 g/mol. The van der Waals surface area contributed by atoms with Crippen LogP contribution in [0.15, 0.2) is 72.8 Å². The highest BCUT2D eigenvalue weighted by molar-refractivity contribution is 6.02. The van der Waals surface area contributed by atoms with Crippen LogP contribution in [0, 0.1) is 13.8 Å². The van der Waals surface area contributed by atoms with E-state index in [2.05, 4.69) is 16.7 Å². The lowest BCUT2D eigenvalue weighted by Gasteiger charge is -2.25. The van der Waals surface area contributed by atoms with Crippen molar-refractivity contribution in [3.63, 3.8) is 0 Å². The van der Waals surface area contributed by atoms with Gasteiger partial charge in [0.2, 0.25) is 5.91 Å². The van der Waals surface area contributed by atoms with Gasteiger partial charge in [0.15, 0.2) is 0 Å². The molecule has 1 heterocycles. The minimum absolute atomic E-state index is 0.0927. The van der Waals surface area contributed by atoms with Crippen molar-refractivity contribution in [2.75, 3.05) is 16.8 Å². The van der Waals surface area contributed by atoms with Gasteiger partial charge in [0.1, 0.15) is 6.04 Å². The molecule has 1 atom stereocenters. The van der Waals surface area contributed by atoms with Gasteiger partial charge in [-0.2, -0.15) is 0 Å². The van der Waals surface area contributed by atoms with Crippen molar-refractivity contribution in [1.29, 1.82) is 0 Å². The number of nitrogens with one attached hydrogen (secondary N) is 2. The van der Waals surface area contributed by atoms with Gasteiger partial charge in [-0.05, 0) is 54.7 Å². The van der Waals surface area contributed by atoms with Crippen molar-refractivity contribution in [3.05, 3.63) is 95.1 Å². The molecule has 0 saturated carbocycles. The van der Waals surface area contributed by atoms with Crippen molar-refractivity contribution in [2.24, 2.45) is 0 Å². The first-order valence-electron chi connectivity index (χ1n) is 10.6. The molecule has 31 heavy (non-hydrogen) atoms. The number of benzene rings is 3. The Morgan fingerprint density at radius 1 is 0.935 bits per heavy atom. The number of para-hydroxylation sites is 1. The van der Waals surface area contributed by atoms with Crippen LogP contribution in [-0.2, 0) is 17.6 Å². The average Bonchev–Trinajstić information content (AvgIpc) is 3.21. The van der Waals surface area contributed by atoms with Crippen LogP contribution < -0.4 is 15.5 Å². The smallest absolute Gasteiger partial charge is 0.319 e. The number of urea groups is 1. The lowest BCUT2D eigenvalue weighted by atomic mass is 10.0. The molecule has 0 bridgehead atoms. The SMILES string of the molecule is Cc1cccc(NC(=O)N[C@H](Cc2ccccc2)C(=O)N2CCc3ccccc32)c1C. The van der Waals surface area contributed by atoms with E-state index >= 15 is 0 Å². The molecular formula is C26H27N3O2. The number of amides is 3. The fourth-order valence-corrected chi connectivity index (χ4v) is 4.01. The topological polar surface area (TPSA) is 61.4 Å². The van der Waals surface area contributed by atoms with Crippen molar-refractivity contribution >= 4 is 23.3 Å². The first kappa shape index (κ1) is 20.7. The van der Waals surface area contributed by atoms with E-state index in [-0.39, 0.29) is 11.9 Å². The maximum absolute atomic E-state index is 13.5. The summed E-state index contributed by atoms with van der Waals surface area (Å²) in [7, 11) is 0. The van der Waals surface area contributed by atoms with E-state index in [0.29, 0.717) is 13.0 Å². The van der Waals surface area contributed by atoms with Crippen LogP contribution in [0.4, 0.5) is 16.2 Å². The second-order valence-electron chi connectivity index (χ2n) is 7.96. The molecule has 1 aliphatic rings. The van der Waals surface area contributed by atoms with Crippen LogP contribution in [0.25, 0.3) is 0 Å². The monoisotopic (exact) mass is 413 g/mol. The third-order valence-corrected chi connectivity index (χ3v) is 5.89. The van der Waals surface area contributed by atoms with E-state index < -0.39 is 6.04 Å². The number of fused-ring (bicyclic) bond motifs is 1. The number of aryl methyl sites for hydroxylation is 1. The summed E-state index contributed by atoms with van der Waals surface area (Å²) in [5.74, 6) is -0.0927. The quantitative estimate of drug-likeness (QED) is 0.641. The molecule has 5 nitrogen and oxygen atoms in total. The molecule has 0 fully saturated rings. The minimum atomic E-state index is -0.668. The number of rotatable bonds is 5. The van der Waals surface area contributed by atoms with Crippen molar-refractivity contribution in [2.45, 2.75) is 32.7 Å². The number of carbonyl (C=O) groups excluding carboxylic acids is 2. The largest absolute Gasteiger partial charge is 0.326 e. The average molecular weight is 414 g/mol. The van der Waals surface area contributed by atoms with Gasteiger partial charge in [0.25, 0.3) is 0 Å². The highest BCUT2D eigenvalue weighted by Crippen LogP contribution is 2.28. The predicted molar refractivity (Wildman–Crippen MR) is 125 cm³/mol. The second-order valence-corrected chi connectivity index (χ2v) is 7.96. The fourth-order valence-electron chi connectivity index (χ4n) is 4.01. The maximum atomic E-state index is 13.5. The Hall–Kier alpha value is -3.60. The number of hydrogen-bond acceptors (Lipinski definition) is 2. The first-order chi connectivity index (χ1) is 15.0. The third kappa shape index (κ3) is 4.61. The summed E-state index contributed by atoms with van der Waals surface area (Å²) in [6.45, 7) is 4.60. The van der Waals surface area contributed by atoms with Crippen molar-refractivity contribution < 1.29 is 9.59 Å². The molecule has 0 saturated heterocycles. The molecule has 158 valence electrons. The Labute approximate surface area is 183 Å². The summed E-state index contributed by atoms with van der Waals surface area (Å²) < 4.78 is 0. The van der Waals surface area contributed by atoms with Gasteiger partial charge in [0.05, 0.1) is 0 Å². The summed E-state index contributed by atoms with van der Waals surface area (Å²) in [6, 6.07) is 22.5. The first-order valence-corrected chi connectivity index (χ1v) is 10.6. The summed E-state index contributed by atoms with van der Waals surface area (Å²) >= 11 is 0. The van der Waals surface area contributed by atoms with Gasteiger partial charge in [-0.15, -0.1) is 0 Å². The molecule has 0 aliphatic carbocycles. The lowest BCUT2D eigenvalue weighted by Crippen LogP contribution is -2.50. The summed E-state index contributed by atoms with van der Waals surface area (Å²) in [5, 5.41) is 5.84. The van der Waals surface area contributed by atoms with E-state index in [1.165, 1.54) is 0 Å². The molecule has 3 aromatic carbocycles. The fraction of sp³-hybridized carbons (Fsp3) is 0.231. The maximum Gasteiger partial charge on any atom is 0.319 e. The van der Waals surface area contributed by atoms with Crippen LogP contribution >= 0.6 is 0 Å². The van der Waals surface area contributed by atoms with E-state index in [4.69, 9.17) is 0 Å². The Morgan fingerprint density at radius 3 is 2.48 bits per heavy atom. The number of hydrogen-bond donors (Lipinski definition) is 2. The number of carbonyl (C=O) groups is 2.